The van der Waals surface area contributed by atoms with Gasteiger partial charge in [-0.2, -0.15) is 0 Å². The maximum atomic E-state index is 14.2. The van der Waals surface area contributed by atoms with E-state index in [9.17, 15) is 14.4 Å². The molecule has 0 fully saturated rings. The van der Waals surface area contributed by atoms with Gasteiger partial charge in [0.1, 0.15) is 18.3 Å². The van der Waals surface area contributed by atoms with Crippen LogP contribution in [0.15, 0.2) is 91.0 Å². The van der Waals surface area contributed by atoms with Crippen LogP contribution in [0.4, 0.5) is 5.69 Å². The van der Waals surface area contributed by atoms with Gasteiger partial charge in [-0.05, 0) is 47.2 Å². The summed E-state index contributed by atoms with van der Waals surface area (Å²) >= 11 is 0. The maximum Gasteiger partial charge on any atom is 0.259 e. The molecule has 40 heavy (non-hydrogen) atoms. The van der Waals surface area contributed by atoms with Crippen molar-refractivity contribution in [3.8, 4) is 5.75 Å². The topological polar surface area (TPSA) is 79.0 Å². The molecule has 204 valence electrons. The van der Waals surface area contributed by atoms with Gasteiger partial charge in [-0.15, -0.1) is 0 Å². The Kier molecular flexibility index (Phi) is 8.10. The highest BCUT2D eigenvalue weighted by molar-refractivity contribution is 6.26. The summed E-state index contributed by atoms with van der Waals surface area (Å²) in [6.07, 6.45) is 1.12. The average molecular weight is 536 g/mol. The standard InChI is InChI=1S/C33H33N3O4/c1-3-18-34-32(38)29(20-23-10-5-4-6-11-23)35(21-24-12-7-15-26(19-24)40-2)30(37)22-36-28-17-9-14-25-13-8-16-27(31(25)28)33(36)39/h4-17,19,29H,3,18,20-22H2,1-2H3,(H,34,38)/t29-/m1/s1. The van der Waals surface area contributed by atoms with Crippen molar-refractivity contribution < 1.29 is 19.1 Å². The Morgan fingerprint density at radius 2 is 1.65 bits per heavy atom. The number of hydrogen-bond donors (Lipinski definition) is 1. The van der Waals surface area contributed by atoms with Crippen LogP contribution in [-0.2, 0) is 22.6 Å². The molecule has 1 N–H and O–H groups in total. The average Bonchev–Trinajstić information content (AvgIpc) is 3.26. The minimum atomic E-state index is -0.775. The van der Waals surface area contributed by atoms with Gasteiger partial charge in [-0.3, -0.25) is 19.3 Å². The molecule has 0 bridgehead atoms. The highest BCUT2D eigenvalue weighted by atomic mass is 16.5. The van der Waals surface area contributed by atoms with Crippen LogP contribution < -0.4 is 15.0 Å². The van der Waals surface area contributed by atoms with Gasteiger partial charge in [0.15, 0.2) is 0 Å². The number of anilines is 1. The molecule has 0 unspecified atom stereocenters. The number of benzene rings is 4. The van der Waals surface area contributed by atoms with Gasteiger partial charge in [0, 0.05) is 30.5 Å². The summed E-state index contributed by atoms with van der Waals surface area (Å²) in [4.78, 5) is 44.4. The second-order valence-corrected chi connectivity index (χ2v) is 9.94. The molecule has 1 heterocycles. The van der Waals surface area contributed by atoms with Crippen molar-refractivity contribution in [2.45, 2.75) is 32.4 Å². The Bertz CT molecular complexity index is 1530. The fourth-order valence-electron chi connectivity index (χ4n) is 5.25. The molecule has 0 aromatic heterocycles. The van der Waals surface area contributed by atoms with Gasteiger partial charge < -0.3 is 15.0 Å². The predicted molar refractivity (Wildman–Crippen MR) is 156 cm³/mol. The second kappa shape index (κ2) is 12.0. The summed E-state index contributed by atoms with van der Waals surface area (Å²) in [5.74, 6) is -0.0815. The molecule has 3 amide bonds. The van der Waals surface area contributed by atoms with Gasteiger partial charge in [-0.1, -0.05) is 73.7 Å². The molecule has 0 saturated carbocycles. The first kappa shape index (κ1) is 26.9. The second-order valence-electron chi connectivity index (χ2n) is 9.94. The van der Waals surface area contributed by atoms with E-state index < -0.39 is 6.04 Å². The van der Waals surface area contributed by atoms with E-state index in [4.69, 9.17) is 4.74 Å². The van der Waals surface area contributed by atoms with Gasteiger partial charge >= 0.3 is 0 Å². The zero-order valence-corrected chi connectivity index (χ0v) is 22.8. The summed E-state index contributed by atoms with van der Waals surface area (Å²) in [7, 11) is 1.59. The quantitative estimate of drug-likeness (QED) is 0.294. The highest BCUT2D eigenvalue weighted by Crippen LogP contribution is 2.37. The van der Waals surface area contributed by atoms with Crippen molar-refractivity contribution in [2.75, 3.05) is 25.1 Å². The molecule has 1 aliphatic heterocycles. The Morgan fingerprint density at radius 3 is 2.40 bits per heavy atom. The van der Waals surface area contributed by atoms with E-state index >= 15 is 0 Å². The fraction of sp³-hybridized carbons (Fsp3) is 0.242. The minimum Gasteiger partial charge on any atom is -0.497 e. The molecule has 0 saturated heterocycles. The summed E-state index contributed by atoms with van der Waals surface area (Å²) in [5.41, 5.74) is 3.06. The number of methoxy groups -OCH3 is 1. The van der Waals surface area contributed by atoms with Crippen molar-refractivity contribution >= 4 is 34.2 Å². The third kappa shape index (κ3) is 5.54. The summed E-state index contributed by atoms with van der Waals surface area (Å²) in [6, 6.07) is 27.7. The van der Waals surface area contributed by atoms with Gasteiger partial charge in [0.05, 0.1) is 12.8 Å². The van der Waals surface area contributed by atoms with Crippen molar-refractivity contribution in [1.29, 1.82) is 0 Å². The number of nitrogens with zero attached hydrogens (tertiary/aromatic N) is 2. The first-order valence-corrected chi connectivity index (χ1v) is 13.6. The summed E-state index contributed by atoms with van der Waals surface area (Å²) < 4.78 is 5.41. The zero-order chi connectivity index (χ0) is 28.1. The normalized spacial score (nSPS) is 12.8. The van der Waals surface area contributed by atoms with Crippen LogP contribution in [0.25, 0.3) is 10.8 Å². The molecule has 0 aliphatic carbocycles. The van der Waals surface area contributed by atoms with E-state index in [1.807, 2.05) is 91.9 Å². The molecule has 4 aromatic carbocycles. The first-order valence-electron chi connectivity index (χ1n) is 13.6. The molecule has 7 nitrogen and oxygen atoms in total. The Morgan fingerprint density at radius 1 is 0.925 bits per heavy atom. The van der Waals surface area contributed by atoms with Crippen LogP contribution in [0.2, 0.25) is 0 Å². The van der Waals surface area contributed by atoms with E-state index in [2.05, 4.69) is 5.32 Å². The van der Waals surface area contributed by atoms with Crippen LogP contribution in [0.3, 0.4) is 0 Å². The van der Waals surface area contributed by atoms with E-state index in [1.165, 1.54) is 4.90 Å². The number of nitrogens with one attached hydrogen (secondary N) is 1. The molecule has 4 aromatic rings. The molecule has 7 heteroatoms. The third-order valence-electron chi connectivity index (χ3n) is 7.25. The summed E-state index contributed by atoms with van der Waals surface area (Å²) in [5, 5.41) is 4.79. The van der Waals surface area contributed by atoms with E-state index in [0.29, 0.717) is 30.0 Å². The molecule has 0 radical (unpaired) electrons. The van der Waals surface area contributed by atoms with Crippen molar-refractivity contribution in [2.24, 2.45) is 0 Å². The number of ether oxygens (including phenoxy) is 1. The van der Waals surface area contributed by atoms with Crippen LogP contribution in [-0.4, -0.2) is 48.9 Å². The Balaban J connectivity index is 1.51. The molecule has 1 aliphatic rings. The van der Waals surface area contributed by atoms with Crippen LogP contribution in [0.5, 0.6) is 5.75 Å². The Hall–Kier alpha value is -4.65. The highest BCUT2D eigenvalue weighted by Gasteiger charge is 2.35. The third-order valence-corrected chi connectivity index (χ3v) is 7.25. The van der Waals surface area contributed by atoms with Crippen LogP contribution in [0, 0.1) is 0 Å². The summed E-state index contributed by atoms with van der Waals surface area (Å²) in [6.45, 7) is 2.51. The lowest BCUT2D eigenvalue weighted by atomic mass is 10.0. The lowest BCUT2D eigenvalue weighted by Crippen LogP contribution is -2.53. The number of hydrogen-bond acceptors (Lipinski definition) is 4. The van der Waals surface area contributed by atoms with Crippen LogP contribution in [0.1, 0.15) is 34.8 Å². The zero-order valence-electron chi connectivity index (χ0n) is 22.8. The molecule has 1 atom stereocenters. The monoisotopic (exact) mass is 535 g/mol. The number of carbonyl (C=O) groups excluding carboxylic acids is 3. The van der Waals surface area contributed by atoms with E-state index in [0.717, 1.165) is 28.3 Å². The van der Waals surface area contributed by atoms with Crippen molar-refractivity contribution in [3.05, 3.63) is 108 Å². The maximum absolute atomic E-state index is 14.2. The smallest absolute Gasteiger partial charge is 0.259 e. The first-order chi connectivity index (χ1) is 19.5. The SMILES string of the molecule is CCCNC(=O)[C@@H](Cc1ccccc1)N(Cc1cccc(OC)c1)C(=O)CN1C(=O)c2cccc3cccc1c23. The number of rotatable bonds is 11. The Labute approximate surface area is 234 Å². The minimum absolute atomic E-state index is 0.178. The lowest BCUT2D eigenvalue weighted by Gasteiger charge is -2.33. The number of carbonyl (C=O) groups is 3. The largest absolute Gasteiger partial charge is 0.497 e. The van der Waals surface area contributed by atoms with Crippen LogP contribution >= 0.6 is 0 Å². The van der Waals surface area contributed by atoms with Gasteiger partial charge in [-0.25, -0.2) is 0 Å². The molecule has 5 rings (SSSR count). The van der Waals surface area contributed by atoms with Gasteiger partial charge in [0.2, 0.25) is 11.8 Å². The predicted octanol–water partition coefficient (Wildman–Crippen LogP) is 4.97. The van der Waals surface area contributed by atoms with E-state index in [1.54, 1.807) is 18.1 Å². The molecular weight excluding hydrogens is 502 g/mol. The molecular formula is C33H33N3O4. The van der Waals surface area contributed by atoms with Crippen molar-refractivity contribution in [3.63, 3.8) is 0 Å². The van der Waals surface area contributed by atoms with E-state index in [-0.39, 0.29) is 30.8 Å². The fourth-order valence-corrected chi connectivity index (χ4v) is 5.25. The molecule has 0 spiro atoms. The van der Waals surface area contributed by atoms with Gasteiger partial charge in [0.25, 0.3) is 5.91 Å². The lowest BCUT2D eigenvalue weighted by molar-refractivity contribution is -0.140. The number of amides is 3. The van der Waals surface area contributed by atoms with Crippen molar-refractivity contribution in [1.82, 2.24) is 10.2 Å².